The third-order valence-electron chi connectivity index (χ3n) is 3.81. The molecule has 3 aromatic rings. The second kappa shape index (κ2) is 7.93. The Morgan fingerprint density at radius 2 is 1.96 bits per heavy atom. The molecule has 26 heavy (non-hydrogen) atoms. The van der Waals surface area contributed by atoms with Crippen LogP contribution in [0.5, 0.6) is 0 Å². The fourth-order valence-electron chi connectivity index (χ4n) is 2.50. The number of halogens is 1. The molecule has 1 heterocycles. The summed E-state index contributed by atoms with van der Waals surface area (Å²) >= 11 is 7.18. The van der Waals surface area contributed by atoms with Crippen LogP contribution in [0.1, 0.15) is 35.8 Å². The number of rotatable bonds is 6. The van der Waals surface area contributed by atoms with Gasteiger partial charge < -0.3 is 9.73 Å². The summed E-state index contributed by atoms with van der Waals surface area (Å²) in [6.07, 6.45) is 0. The topological polar surface area (TPSA) is 72.2 Å². The SMILES string of the molecule is CC(=O)NC(C)c1ccc(C(=O)CSc2nc3cc(Cl)ccc3o2)cc1. The highest BCUT2D eigenvalue weighted by molar-refractivity contribution is 7.99. The molecule has 7 heteroatoms. The molecule has 0 fully saturated rings. The average Bonchev–Trinajstić information content (AvgIpc) is 3.01. The van der Waals surface area contributed by atoms with Crippen LogP contribution in [0.25, 0.3) is 11.1 Å². The number of amides is 1. The van der Waals surface area contributed by atoms with Crippen LogP contribution < -0.4 is 5.32 Å². The summed E-state index contributed by atoms with van der Waals surface area (Å²) in [5.41, 5.74) is 2.86. The van der Waals surface area contributed by atoms with Gasteiger partial charge in [-0.05, 0) is 30.7 Å². The third-order valence-corrected chi connectivity index (χ3v) is 4.87. The number of aromatic nitrogens is 1. The number of hydrogen-bond donors (Lipinski definition) is 1. The van der Waals surface area contributed by atoms with Crippen LogP contribution in [-0.2, 0) is 4.79 Å². The molecule has 1 unspecified atom stereocenters. The van der Waals surface area contributed by atoms with Gasteiger partial charge in [-0.3, -0.25) is 9.59 Å². The fraction of sp³-hybridized carbons (Fsp3) is 0.211. The Morgan fingerprint density at radius 3 is 2.65 bits per heavy atom. The summed E-state index contributed by atoms with van der Waals surface area (Å²) in [4.78, 5) is 27.8. The number of nitrogens with one attached hydrogen (secondary N) is 1. The van der Waals surface area contributed by atoms with E-state index in [1.54, 1.807) is 30.3 Å². The maximum absolute atomic E-state index is 12.4. The van der Waals surface area contributed by atoms with E-state index in [2.05, 4.69) is 10.3 Å². The lowest BCUT2D eigenvalue weighted by atomic mass is 10.0. The molecule has 0 radical (unpaired) electrons. The van der Waals surface area contributed by atoms with Crippen molar-refractivity contribution in [3.05, 3.63) is 58.6 Å². The molecule has 1 N–H and O–H groups in total. The standard InChI is InChI=1S/C19H17ClN2O3S/c1-11(21-12(2)23)13-3-5-14(6-4-13)17(24)10-26-19-22-16-9-15(20)7-8-18(16)25-19/h3-9,11H,10H2,1-2H3,(H,21,23). The van der Waals surface area contributed by atoms with Crippen molar-refractivity contribution in [3.8, 4) is 0 Å². The summed E-state index contributed by atoms with van der Waals surface area (Å²) in [6, 6.07) is 12.3. The second-order valence-electron chi connectivity index (χ2n) is 5.85. The highest BCUT2D eigenvalue weighted by Crippen LogP contribution is 2.26. The smallest absolute Gasteiger partial charge is 0.257 e. The number of ketones is 1. The summed E-state index contributed by atoms with van der Waals surface area (Å²) < 4.78 is 5.60. The number of carbonyl (C=O) groups excluding carboxylic acids is 2. The highest BCUT2D eigenvalue weighted by Gasteiger charge is 2.12. The molecule has 0 saturated heterocycles. The van der Waals surface area contributed by atoms with Crippen molar-refractivity contribution < 1.29 is 14.0 Å². The molecule has 2 aromatic carbocycles. The molecular formula is C19H17ClN2O3S. The molecule has 0 saturated carbocycles. The Kier molecular flexibility index (Phi) is 5.64. The van der Waals surface area contributed by atoms with Crippen molar-refractivity contribution in [2.24, 2.45) is 0 Å². The molecule has 5 nitrogen and oxygen atoms in total. The molecular weight excluding hydrogens is 372 g/mol. The van der Waals surface area contributed by atoms with Crippen LogP contribution in [0.15, 0.2) is 52.1 Å². The van der Waals surface area contributed by atoms with E-state index in [4.69, 9.17) is 16.0 Å². The van der Waals surface area contributed by atoms with Crippen molar-refractivity contribution in [1.29, 1.82) is 0 Å². The van der Waals surface area contributed by atoms with Crippen LogP contribution in [0.2, 0.25) is 5.02 Å². The molecule has 1 atom stereocenters. The minimum Gasteiger partial charge on any atom is -0.431 e. The van der Waals surface area contributed by atoms with E-state index in [9.17, 15) is 9.59 Å². The molecule has 0 bridgehead atoms. The van der Waals surface area contributed by atoms with Gasteiger partial charge in [0.05, 0.1) is 11.8 Å². The fourth-order valence-corrected chi connectivity index (χ4v) is 3.40. The van der Waals surface area contributed by atoms with Gasteiger partial charge in [-0.2, -0.15) is 0 Å². The number of carbonyl (C=O) groups is 2. The number of nitrogens with zero attached hydrogens (tertiary/aromatic N) is 1. The lowest BCUT2D eigenvalue weighted by molar-refractivity contribution is -0.119. The van der Waals surface area contributed by atoms with Gasteiger partial charge >= 0.3 is 0 Å². The van der Waals surface area contributed by atoms with E-state index in [0.29, 0.717) is 26.9 Å². The first-order valence-electron chi connectivity index (χ1n) is 8.01. The van der Waals surface area contributed by atoms with Gasteiger partial charge in [0.1, 0.15) is 5.52 Å². The molecule has 0 aliphatic carbocycles. The first-order valence-corrected chi connectivity index (χ1v) is 9.38. The molecule has 0 spiro atoms. The molecule has 1 amide bonds. The van der Waals surface area contributed by atoms with E-state index in [-0.39, 0.29) is 23.5 Å². The van der Waals surface area contributed by atoms with E-state index in [1.807, 2.05) is 19.1 Å². The molecule has 3 rings (SSSR count). The zero-order chi connectivity index (χ0) is 18.7. The number of oxazole rings is 1. The van der Waals surface area contributed by atoms with Crippen LogP contribution in [-0.4, -0.2) is 22.4 Å². The Hall–Kier alpha value is -2.31. The zero-order valence-corrected chi connectivity index (χ0v) is 15.9. The predicted molar refractivity (Wildman–Crippen MR) is 103 cm³/mol. The van der Waals surface area contributed by atoms with Gasteiger partial charge in [0.15, 0.2) is 11.4 Å². The number of Topliss-reactive ketones (excluding diaryl/α,β-unsaturated/α-hetero) is 1. The maximum atomic E-state index is 12.4. The Bertz CT molecular complexity index is 953. The van der Waals surface area contributed by atoms with Gasteiger partial charge in [0.25, 0.3) is 5.22 Å². The first kappa shape index (κ1) is 18.5. The Morgan fingerprint density at radius 1 is 1.23 bits per heavy atom. The minimum atomic E-state index is -0.0994. The van der Waals surface area contributed by atoms with Crippen molar-refractivity contribution in [2.75, 3.05) is 5.75 Å². The van der Waals surface area contributed by atoms with Gasteiger partial charge in [-0.25, -0.2) is 4.98 Å². The highest BCUT2D eigenvalue weighted by atomic mass is 35.5. The number of fused-ring (bicyclic) bond motifs is 1. The largest absolute Gasteiger partial charge is 0.431 e. The van der Waals surface area contributed by atoms with E-state index < -0.39 is 0 Å². The van der Waals surface area contributed by atoms with Crippen molar-refractivity contribution in [3.63, 3.8) is 0 Å². The maximum Gasteiger partial charge on any atom is 0.257 e. The zero-order valence-electron chi connectivity index (χ0n) is 14.3. The normalized spacial score (nSPS) is 12.1. The minimum absolute atomic E-state index is 0.0194. The second-order valence-corrected chi connectivity index (χ2v) is 7.21. The van der Waals surface area contributed by atoms with Crippen LogP contribution in [0.3, 0.4) is 0 Å². The van der Waals surface area contributed by atoms with E-state index >= 15 is 0 Å². The number of hydrogen-bond acceptors (Lipinski definition) is 5. The Balaban J connectivity index is 1.63. The van der Waals surface area contributed by atoms with Crippen LogP contribution >= 0.6 is 23.4 Å². The average molecular weight is 389 g/mol. The van der Waals surface area contributed by atoms with Gasteiger partial charge in [-0.1, -0.05) is 47.6 Å². The monoisotopic (exact) mass is 388 g/mol. The van der Waals surface area contributed by atoms with Gasteiger partial charge in [0.2, 0.25) is 5.91 Å². The predicted octanol–water partition coefficient (Wildman–Crippen LogP) is 4.65. The summed E-state index contributed by atoms with van der Waals surface area (Å²) in [6.45, 7) is 3.37. The number of benzene rings is 2. The molecule has 0 aliphatic rings. The number of thioether (sulfide) groups is 1. The van der Waals surface area contributed by atoms with Crippen molar-refractivity contribution in [2.45, 2.75) is 25.1 Å². The summed E-state index contributed by atoms with van der Waals surface area (Å²) in [5, 5.41) is 3.84. The lowest BCUT2D eigenvalue weighted by Crippen LogP contribution is -2.23. The van der Waals surface area contributed by atoms with Gasteiger partial charge in [0, 0.05) is 17.5 Å². The van der Waals surface area contributed by atoms with Crippen molar-refractivity contribution in [1.82, 2.24) is 10.3 Å². The Labute approximate surface area is 160 Å². The van der Waals surface area contributed by atoms with Crippen LogP contribution in [0, 0.1) is 0 Å². The first-order chi connectivity index (χ1) is 12.4. The summed E-state index contributed by atoms with van der Waals surface area (Å²) in [5.74, 6) is 0.115. The summed E-state index contributed by atoms with van der Waals surface area (Å²) in [7, 11) is 0. The van der Waals surface area contributed by atoms with Crippen molar-refractivity contribution >= 4 is 46.2 Å². The lowest BCUT2D eigenvalue weighted by Gasteiger charge is -2.13. The van der Waals surface area contributed by atoms with E-state index in [1.165, 1.54) is 18.7 Å². The molecule has 1 aromatic heterocycles. The van der Waals surface area contributed by atoms with Crippen LogP contribution in [0.4, 0.5) is 0 Å². The van der Waals surface area contributed by atoms with Gasteiger partial charge in [-0.15, -0.1) is 0 Å². The quantitative estimate of drug-likeness (QED) is 0.491. The third kappa shape index (κ3) is 4.45. The molecule has 0 aliphatic heterocycles. The van der Waals surface area contributed by atoms with E-state index in [0.717, 1.165) is 5.56 Å². The molecule has 134 valence electrons.